The van der Waals surface area contributed by atoms with E-state index >= 15 is 0 Å². The number of hydrogen-bond acceptors (Lipinski definition) is 5. The third-order valence-electron chi connectivity index (χ3n) is 4.52. The van der Waals surface area contributed by atoms with Crippen LogP contribution >= 0.6 is 11.6 Å². The lowest BCUT2D eigenvalue weighted by Crippen LogP contribution is -2.41. The van der Waals surface area contributed by atoms with Crippen LogP contribution < -0.4 is 21.2 Å². The molecule has 3 rings (SSSR count). The molecule has 2 aromatic carbocycles. The van der Waals surface area contributed by atoms with Gasteiger partial charge in [0.1, 0.15) is 11.3 Å². The number of rotatable bonds is 5. The summed E-state index contributed by atoms with van der Waals surface area (Å²) < 4.78 is 10.5. The van der Waals surface area contributed by atoms with Gasteiger partial charge in [0.05, 0.1) is 7.11 Å². The van der Waals surface area contributed by atoms with Crippen molar-refractivity contribution in [2.75, 3.05) is 7.11 Å². The molecule has 29 heavy (non-hydrogen) atoms. The molecular formula is C21H19ClN2O5. The summed E-state index contributed by atoms with van der Waals surface area (Å²) in [5, 5.41) is 1.28. The predicted octanol–water partition coefficient (Wildman–Crippen LogP) is 3.16. The first-order valence-electron chi connectivity index (χ1n) is 8.84. The van der Waals surface area contributed by atoms with E-state index in [4.69, 9.17) is 20.8 Å². The van der Waals surface area contributed by atoms with E-state index in [1.807, 2.05) is 6.07 Å². The molecule has 1 heterocycles. The molecule has 150 valence electrons. The standard InChI is InChI=1S/C21H19ClN2O5/c1-12-16-8-7-15(28-2)11-18(16)29-21(27)17(12)9-10-19(25)23-24-20(26)13-3-5-14(22)6-4-13/h3-8,11H,9-10H2,1-2H3,(H,23,25)(H,24,26). The van der Waals surface area contributed by atoms with Crippen molar-refractivity contribution in [3.05, 3.63) is 74.6 Å². The van der Waals surface area contributed by atoms with Gasteiger partial charge in [0.15, 0.2) is 0 Å². The highest BCUT2D eigenvalue weighted by Crippen LogP contribution is 2.24. The van der Waals surface area contributed by atoms with Crippen LogP contribution in [0.3, 0.4) is 0 Å². The zero-order valence-electron chi connectivity index (χ0n) is 15.9. The Morgan fingerprint density at radius 1 is 1.10 bits per heavy atom. The number of nitrogens with one attached hydrogen (secondary N) is 2. The Hall–Kier alpha value is -3.32. The van der Waals surface area contributed by atoms with E-state index in [0.29, 0.717) is 27.5 Å². The number of halogens is 1. The van der Waals surface area contributed by atoms with Gasteiger partial charge >= 0.3 is 5.63 Å². The smallest absolute Gasteiger partial charge is 0.339 e. The van der Waals surface area contributed by atoms with Crippen LogP contribution in [-0.4, -0.2) is 18.9 Å². The average molecular weight is 415 g/mol. The van der Waals surface area contributed by atoms with Crippen LogP contribution in [-0.2, 0) is 11.2 Å². The van der Waals surface area contributed by atoms with E-state index in [0.717, 1.165) is 10.9 Å². The van der Waals surface area contributed by atoms with Gasteiger partial charge in [-0.15, -0.1) is 0 Å². The summed E-state index contributed by atoms with van der Waals surface area (Å²) in [7, 11) is 1.53. The molecule has 0 aliphatic rings. The van der Waals surface area contributed by atoms with Gasteiger partial charge < -0.3 is 9.15 Å². The summed E-state index contributed by atoms with van der Waals surface area (Å²) in [5.74, 6) is -0.310. The van der Waals surface area contributed by atoms with Gasteiger partial charge in [0.25, 0.3) is 5.91 Å². The first kappa shape index (κ1) is 20.4. The van der Waals surface area contributed by atoms with Gasteiger partial charge in [0, 0.05) is 34.0 Å². The van der Waals surface area contributed by atoms with Gasteiger partial charge in [-0.2, -0.15) is 0 Å². The van der Waals surface area contributed by atoms with Gasteiger partial charge in [-0.25, -0.2) is 4.79 Å². The Labute approximate surface area is 171 Å². The fraction of sp³-hybridized carbons (Fsp3) is 0.190. The lowest BCUT2D eigenvalue weighted by atomic mass is 10.0. The summed E-state index contributed by atoms with van der Waals surface area (Å²) in [6.45, 7) is 1.81. The van der Waals surface area contributed by atoms with Crippen LogP contribution in [0, 0.1) is 6.92 Å². The van der Waals surface area contributed by atoms with Crippen LogP contribution in [0.4, 0.5) is 0 Å². The maximum atomic E-state index is 12.3. The molecule has 2 amide bonds. The summed E-state index contributed by atoms with van der Waals surface area (Å²) in [4.78, 5) is 36.4. The van der Waals surface area contributed by atoms with Crippen molar-refractivity contribution < 1.29 is 18.7 Å². The molecule has 7 nitrogen and oxygen atoms in total. The zero-order valence-corrected chi connectivity index (χ0v) is 16.6. The summed E-state index contributed by atoms with van der Waals surface area (Å²) >= 11 is 5.78. The maximum Gasteiger partial charge on any atom is 0.339 e. The number of benzene rings is 2. The summed E-state index contributed by atoms with van der Waals surface area (Å²) in [6.07, 6.45) is 0.187. The first-order chi connectivity index (χ1) is 13.9. The fourth-order valence-electron chi connectivity index (χ4n) is 2.89. The molecular weight excluding hydrogens is 396 g/mol. The van der Waals surface area contributed by atoms with Crippen molar-refractivity contribution in [1.29, 1.82) is 0 Å². The first-order valence-corrected chi connectivity index (χ1v) is 9.22. The van der Waals surface area contributed by atoms with E-state index < -0.39 is 17.4 Å². The van der Waals surface area contributed by atoms with Gasteiger partial charge in [-0.3, -0.25) is 20.4 Å². The van der Waals surface area contributed by atoms with Crippen molar-refractivity contribution in [2.24, 2.45) is 0 Å². The molecule has 2 N–H and O–H groups in total. The lowest BCUT2D eigenvalue weighted by Gasteiger charge is -2.10. The van der Waals surface area contributed by atoms with Crippen molar-refractivity contribution in [2.45, 2.75) is 19.8 Å². The molecule has 0 saturated heterocycles. The highest BCUT2D eigenvalue weighted by Gasteiger charge is 2.14. The number of aryl methyl sites for hydroxylation is 1. The maximum absolute atomic E-state index is 12.3. The van der Waals surface area contributed by atoms with E-state index in [9.17, 15) is 14.4 Å². The number of carbonyl (C=O) groups excluding carboxylic acids is 2. The van der Waals surface area contributed by atoms with E-state index in [1.54, 1.807) is 43.3 Å². The van der Waals surface area contributed by atoms with Crippen molar-refractivity contribution in [3.8, 4) is 5.75 Å². The molecule has 0 bridgehead atoms. The normalized spacial score (nSPS) is 10.6. The molecule has 0 radical (unpaired) electrons. The van der Waals surface area contributed by atoms with Crippen LogP contribution in [0.2, 0.25) is 5.02 Å². The minimum Gasteiger partial charge on any atom is -0.497 e. The number of hydrogen-bond donors (Lipinski definition) is 2. The SMILES string of the molecule is COc1ccc2c(C)c(CCC(=O)NNC(=O)c3ccc(Cl)cc3)c(=O)oc2c1. The average Bonchev–Trinajstić information content (AvgIpc) is 2.71. The Morgan fingerprint density at radius 2 is 1.83 bits per heavy atom. The highest BCUT2D eigenvalue weighted by atomic mass is 35.5. The topological polar surface area (TPSA) is 97.6 Å². The Morgan fingerprint density at radius 3 is 2.52 bits per heavy atom. The highest BCUT2D eigenvalue weighted by molar-refractivity contribution is 6.30. The van der Waals surface area contributed by atoms with Crippen molar-refractivity contribution in [3.63, 3.8) is 0 Å². The predicted molar refractivity (Wildman–Crippen MR) is 109 cm³/mol. The molecule has 0 aliphatic carbocycles. The summed E-state index contributed by atoms with van der Waals surface area (Å²) in [6, 6.07) is 11.5. The third-order valence-corrected chi connectivity index (χ3v) is 4.77. The quantitative estimate of drug-likeness (QED) is 0.493. The largest absolute Gasteiger partial charge is 0.497 e. The number of ether oxygens (including phenoxy) is 1. The number of carbonyl (C=O) groups is 2. The third kappa shape index (κ3) is 4.75. The molecule has 0 saturated carbocycles. The van der Waals surface area contributed by atoms with Crippen molar-refractivity contribution >= 4 is 34.4 Å². The minimum atomic E-state index is -0.499. The Bertz CT molecular complexity index is 1120. The second kappa shape index (κ2) is 8.79. The number of amides is 2. The molecule has 0 atom stereocenters. The molecule has 3 aromatic rings. The zero-order chi connectivity index (χ0) is 21.0. The molecule has 0 fully saturated rings. The number of methoxy groups -OCH3 is 1. The second-order valence-electron chi connectivity index (χ2n) is 6.36. The van der Waals surface area contributed by atoms with Gasteiger partial charge in [0.2, 0.25) is 5.91 Å². The molecule has 0 spiro atoms. The molecule has 1 aromatic heterocycles. The van der Waals surface area contributed by atoms with Crippen LogP contribution in [0.1, 0.15) is 27.9 Å². The number of hydrazine groups is 1. The second-order valence-corrected chi connectivity index (χ2v) is 6.80. The summed E-state index contributed by atoms with van der Waals surface area (Å²) in [5.41, 5.74) is 6.12. The lowest BCUT2D eigenvalue weighted by molar-refractivity contribution is -0.121. The number of fused-ring (bicyclic) bond motifs is 1. The van der Waals surface area contributed by atoms with Gasteiger partial charge in [-0.1, -0.05) is 11.6 Å². The molecule has 0 aliphatic heterocycles. The fourth-order valence-corrected chi connectivity index (χ4v) is 3.02. The van der Waals surface area contributed by atoms with Crippen LogP contribution in [0.15, 0.2) is 51.7 Å². The van der Waals surface area contributed by atoms with Gasteiger partial charge in [-0.05, 0) is 55.3 Å². The Kier molecular flexibility index (Phi) is 6.19. The molecule has 8 heteroatoms. The Balaban J connectivity index is 1.64. The van der Waals surface area contributed by atoms with Crippen LogP contribution in [0.5, 0.6) is 5.75 Å². The molecule has 0 unspecified atom stereocenters. The van der Waals surface area contributed by atoms with E-state index in [1.165, 1.54) is 7.11 Å². The van der Waals surface area contributed by atoms with Crippen LogP contribution in [0.25, 0.3) is 11.0 Å². The minimum absolute atomic E-state index is 0.00809. The monoisotopic (exact) mass is 414 g/mol. The van der Waals surface area contributed by atoms with Crippen molar-refractivity contribution in [1.82, 2.24) is 10.9 Å². The van der Waals surface area contributed by atoms with E-state index in [2.05, 4.69) is 10.9 Å². The van der Waals surface area contributed by atoms with E-state index in [-0.39, 0.29) is 12.8 Å².